The van der Waals surface area contributed by atoms with Crippen molar-refractivity contribution in [2.45, 2.75) is 25.5 Å². The molecule has 0 aliphatic carbocycles. The number of hydrogen-bond donors (Lipinski definition) is 0. The van der Waals surface area contributed by atoms with Crippen molar-refractivity contribution < 1.29 is 4.79 Å². The van der Waals surface area contributed by atoms with Gasteiger partial charge >= 0.3 is 0 Å². The van der Waals surface area contributed by atoms with E-state index in [1.807, 2.05) is 42.1 Å². The molecule has 2 aromatic carbocycles. The van der Waals surface area contributed by atoms with Crippen LogP contribution in [0.1, 0.15) is 34.3 Å². The Hall–Kier alpha value is -1.54. The Kier molecular flexibility index (Phi) is 5.87. The molecule has 0 heterocycles. The van der Waals surface area contributed by atoms with Crippen LogP contribution in [0.3, 0.4) is 0 Å². The first-order valence-electron chi connectivity index (χ1n) is 6.98. The number of benzene rings is 2. The van der Waals surface area contributed by atoms with E-state index in [1.54, 1.807) is 0 Å². The molecule has 0 radical (unpaired) electrons. The molecular formula is C18H20OS. The second-order valence-corrected chi connectivity index (χ2v) is 5.98. The van der Waals surface area contributed by atoms with Crippen molar-refractivity contribution in [3.63, 3.8) is 0 Å². The summed E-state index contributed by atoms with van der Waals surface area (Å²) in [7, 11) is 0. The van der Waals surface area contributed by atoms with E-state index in [4.69, 9.17) is 0 Å². The lowest BCUT2D eigenvalue weighted by molar-refractivity contribution is 0.0982. The van der Waals surface area contributed by atoms with Gasteiger partial charge in [0.25, 0.3) is 0 Å². The van der Waals surface area contributed by atoms with Gasteiger partial charge in [-0.05, 0) is 30.2 Å². The summed E-state index contributed by atoms with van der Waals surface area (Å²) in [6, 6.07) is 18.0. The molecule has 0 atom stereocenters. The van der Waals surface area contributed by atoms with E-state index < -0.39 is 0 Å². The van der Waals surface area contributed by atoms with Crippen LogP contribution in [-0.2, 0) is 5.75 Å². The first-order valence-corrected chi connectivity index (χ1v) is 8.13. The smallest absolute Gasteiger partial charge is 0.162 e. The standard InChI is InChI=1S/C18H20OS/c1-15-8-5-6-11-17(15)14-20-13-7-12-18(19)16-9-3-2-4-10-16/h2-6,8-11H,7,12-14H2,1H3. The molecule has 0 saturated heterocycles. The highest BCUT2D eigenvalue weighted by Gasteiger charge is 2.04. The molecule has 104 valence electrons. The van der Waals surface area contributed by atoms with Crippen LogP contribution in [-0.4, -0.2) is 11.5 Å². The van der Waals surface area contributed by atoms with Crippen LogP contribution >= 0.6 is 11.8 Å². The fraction of sp³-hybridized carbons (Fsp3) is 0.278. The van der Waals surface area contributed by atoms with Gasteiger partial charge in [0.15, 0.2) is 5.78 Å². The summed E-state index contributed by atoms with van der Waals surface area (Å²) in [5.41, 5.74) is 3.57. The zero-order valence-corrected chi connectivity index (χ0v) is 12.7. The molecule has 20 heavy (non-hydrogen) atoms. The van der Waals surface area contributed by atoms with Crippen molar-refractivity contribution in [3.05, 3.63) is 71.3 Å². The van der Waals surface area contributed by atoms with Crippen LogP contribution in [0.25, 0.3) is 0 Å². The highest BCUT2D eigenvalue weighted by atomic mass is 32.2. The van der Waals surface area contributed by atoms with Gasteiger partial charge in [0.05, 0.1) is 0 Å². The van der Waals surface area contributed by atoms with Crippen molar-refractivity contribution in [1.82, 2.24) is 0 Å². The van der Waals surface area contributed by atoms with Crippen molar-refractivity contribution in [2.75, 3.05) is 5.75 Å². The minimum Gasteiger partial charge on any atom is -0.294 e. The molecule has 2 heteroatoms. The van der Waals surface area contributed by atoms with Crippen LogP contribution in [0, 0.1) is 6.92 Å². The minimum absolute atomic E-state index is 0.252. The largest absolute Gasteiger partial charge is 0.294 e. The Balaban J connectivity index is 1.67. The lowest BCUT2D eigenvalue weighted by atomic mass is 10.1. The molecule has 0 amide bonds. The van der Waals surface area contributed by atoms with Crippen LogP contribution in [0.4, 0.5) is 0 Å². The maximum absolute atomic E-state index is 11.9. The van der Waals surface area contributed by atoms with E-state index in [-0.39, 0.29) is 5.78 Å². The van der Waals surface area contributed by atoms with E-state index in [0.717, 1.165) is 23.5 Å². The van der Waals surface area contributed by atoms with Gasteiger partial charge in [-0.3, -0.25) is 4.79 Å². The van der Waals surface area contributed by atoms with E-state index >= 15 is 0 Å². The maximum atomic E-state index is 11.9. The van der Waals surface area contributed by atoms with Crippen LogP contribution < -0.4 is 0 Å². The molecule has 0 aliphatic heterocycles. The number of hydrogen-bond acceptors (Lipinski definition) is 2. The number of ketones is 1. The van der Waals surface area contributed by atoms with Gasteiger partial charge in [-0.1, -0.05) is 54.6 Å². The first kappa shape index (κ1) is 14.9. The predicted molar refractivity (Wildman–Crippen MR) is 87.3 cm³/mol. The number of Topliss-reactive ketones (excluding diaryl/α,β-unsaturated/α-hetero) is 1. The number of carbonyl (C=O) groups is 1. The molecule has 0 unspecified atom stereocenters. The average Bonchev–Trinajstić information content (AvgIpc) is 2.49. The summed E-state index contributed by atoms with van der Waals surface area (Å²) < 4.78 is 0. The third kappa shape index (κ3) is 4.53. The number of rotatable bonds is 7. The number of aryl methyl sites for hydroxylation is 1. The van der Waals surface area contributed by atoms with Crippen molar-refractivity contribution >= 4 is 17.5 Å². The van der Waals surface area contributed by atoms with Gasteiger partial charge in [0, 0.05) is 17.7 Å². The van der Waals surface area contributed by atoms with Gasteiger partial charge in [0.2, 0.25) is 0 Å². The lowest BCUT2D eigenvalue weighted by Gasteiger charge is -2.05. The monoisotopic (exact) mass is 284 g/mol. The summed E-state index contributed by atoms with van der Waals surface area (Å²) in [5, 5.41) is 0. The Bertz CT molecular complexity index is 548. The molecule has 0 fully saturated rings. The van der Waals surface area contributed by atoms with Crippen LogP contribution in [0.5, 0.6) is 0 Å². The quantitative estimate of drug-likeness (QED) is 0.532. The summed E-state index contributed by atoms with van der Waals surface area (Å²) in [6.07, 6.45) is 1.59. The molecule has 2 aromatic rings. The molecular weight excluding hydrogens is 264 g/mol. The van der Waals surface area contributed by atoms with Gasteiger partial charge < -0.3 is 0 Å². The Labute approximate surface area is 125 Å². The highest BCUT2D eigenvalue weighted by molar-refractivity contribution is 7.98. The van der Waals surface area contributed by atoms with Crippen molar-refractivity contribution in [2.24, 2.45) is 0 Å². The Morgan fingerprint density at radius 3 is 2.45 bits per heavy atom. The molecule has 0 N–H and O–H groups in total. The van der Waals surface area contributed by atoms with Gasteiger partial charge in [-0.25, -0.2) is 0 Å². The molecule has 0 bridgehead atoms. The molecule has 2 rings (SSSR count). The molecule has 0 spiro atoms. The third-order valence-corrected chi connectivity index (χ3v) is 4.40. The van der Waals surface area contributed by atoms with E-state index in [2.05, 4.69) is 31.2 Å². The van der Waals surface area contributed by atoms with E-state index in [1.165, 1.54) is 11.1 Å². The van der Waals surface area contributed by atoms with E-state index in [0.29, 0.717) is 6.42 Å². The third-order valence-electron chi connectivity index (χ3n) is 3.31. The number of thioether (sulfide) groups is 1. The first-order chi connectivity index (χ1) is 9.77. The zero-order chi connectivity index (χ0) is 14.2. The number of carbonyl (C=O) groups excluding carboxylic acids is 1. The summed E-state index contributed by atoms with van der Waals surface area (Å²) in [4.78, 5) is 11.9. The second-order valence-electron chi connectivity index (χ2n) is 4.87. The fourth-order valence-electron chi connectivity index (χ4n) is 2.06. The van der Waals surface area contributed by atoms with Crippen LogP contribution in [0.2, 0.25) is 0 Å². The summed E-state index contributed by atoms with van der Waals surface area (Å²) >= 11 is 1.91. The summed E-state index contributed by atoms with van der Waals surface area (Å²) in [6.45, 7) is 2.15. The average molecular weight is 284 g/mol. The molecule has 0 aromatic heterocycles. The van der Waals surface area contributed by atoms with Crippen molar-refractivity contribution in [1.29, 1.82) is 0 Å². The van der Waals surface area contributed by atoms with Crippen LogP contribution in [0.15, 0.2) is 54.6 Å². The Morgan fingerprint density at radius 2 is 1.70 bits per heavy atom. The second kappa shape index (κ2) is 7.91. The molecule has 0 aliphatic rings. The molecule has 1 nitrogen and oxygen atoms in total. The fourth-order valence-corrected chi connectivity index (χ4v) is 3.09. The topological polar surface area (TPSA) is 17.1 Å². The van der Waals surface area contributed by atoms with Gasteiger partial charge in [-0.15, -0.1) is 0 Å². The lowest BCUT2D eigenvalue weighted by Crippen LogP contribution is -1.99. The highest BCUT2D eigenvalue weighted by Crippen LogP contribution is 2.17. The predicted octanol–water partition coefficient (Wildman–Crippen LogP) is 4.89. The maximum Gasteiger partial charge on any atom is 0.162 e. The Morgan fingerprint density at radius 1 is 1.00 bits per heavy atom. The van der Waals surface area contributed by atoms with Gasteiger partial charge in [0.1, 0.15) is 0 Å². The van der Waals surface area contributed by atoms with Crippen molar-refractivity contribution in [3.8, 4) is 0 Å². The van der Waals surface area contributed by atoms with Gasteiger partial charge in [-0.2, -0.15) is 11.8 Å². The molecule has 0 saturated carbocycles. The zero-order valence-electron chi connectivity index (χ0n) is 11.8. The van der Waals surface area contributed by atoms with E-state index in [9.17, 15) is 4.79 Å². The minimum atomic E-state index is 0.252. The summed E-state index contributed by atoms with van der Waals surface area (Å²) in [5.74, 6) is 2.32. The normalized spacial score (nSPS) is 10.4. The SMILES string of the molecule is Cc1ccccc1CSCCCC(=O)c1ccccc1.